The molecule has 2 heterocycles. The van der Waals surface area contributed by atoms with E-state index in [-0.39, 0.29) is 11.9 Å². The van der Waals surface area contributed by atoms with Crippen LogP contribution in [0, 0.1) is 0 Å². The summed E-state index contributed by atoms with van der Waals surface area (Å²) in [6.07, 6.45) is 3.51. The van der Waals surface area contributed by atoms with Crippen molar-refractivity contribution in [1.29, 1.82) is 0 Å². The second kappa shape index (κ2) is 8.04. The maximum Gasteiger partial charge on any atom is 0.244 e. The Kier molecular flexibility index (Phi) is 5.56. The third kappa shape index (κ3) is 3.99. The summed E-state index contributed by atoms with van der Waals surface area (Å²) in [6.45, 7) is 3.97. The van der Waals surface area contributed by atoms with Gasteiger partial charge in [0, 0.05) is 45.1 Å². The van der Waals surface area contributed by atoms with Crippen LogP contribution in [0.4, 0.5) is 0 Å². The number of hydrogen-bond acceptors (Lipinski definition) is 4. The SMILES string of the molecule is CN(Cc1ccccc1)C(C(=O)N1CCNCC1)c1ccncc1. The van der Waals surface area contributed by atoms with Crippen LogP contribution in [0.15, 0.2) is 54.9 Å². The molecule has 5 nitrogen and oxygen atoms in total. The molecule has 0 bridgehead atoms. The number of rotatable bonds is 5. The quantitative estimate of drug-likeness (QED) is 0.909. The van der Waals surface area contributed by atoms with E-state index >= 15 is 0 Å². The molecule has 5 heteroatoms. The van der Waals surface area contributed by atoms with E-state index in [4.69, 9.17) is 0 Å². The molecule has 1 aromatic carbocycles. The molecule has 1 amide bonds. The van der Waals surface area contributed by atoms with E-state index in [0.29, 0.717) is 0 Å². The zero-order valence-electron chi connectivity index (χ0n) is 14.1. The number of carbonyl (C=O) groups excluding carboxylic acids is 1. The first-order valence-corrected chi connectivity index (χ1v) is 8.39. The number of hydrogen-bond donors (Lipinski definition) is 1. The molecule has 0 aliphatic carbocycles. The number of piperazine rings is 1. The van der Waals surface area contributed by atoms with Gasteiger partial charge in [0.15, 0.2) is 0 Å². The summed E-state index contributed by atoms with van der Waals surface area (Å²) < 4.78 is 0. The molecule has 24 heavy (non-hydrogen) atoms. The minimum atomic E-state index is -0.286. The number of nitrogens with zero attached hydrogens (tertiary/aromatic N) is 3. The van der Waals surface area contributed by atoms with Crippen LogP contribution in [-0.4, -0.2) is 53.9 Å². The standard InChI is InChI=1S/C19H24N4O/c1-22(15-16-5-3-2-4-6-16)18(17-7-9-20-10-8-17)19(24)23-13-11-21-12-14-23/h2-10,18,21H,11-15H2,1H3. The van der Waals surface area contributed by atoms with Gasteiger partial charge in [-0.05, 0) is 30.3 Å². The summed E-state index contributed by atoms with van der Waals surface area (Å²) in [5.74, 6) is 0.168. The Morgan fingerprint density at radius 1 is 1.17 bits per heavy atom. The monoisotopic (exact) mass is 324 g/mol. The molecule has 1 N–H and O–H groups in total. The summed E-state index contributed by atoms with van der Waals surface area (Å²) >= 11 is 0. The minimum absolute atomic E-state index is 0.168. The summed E-state index contributed by atoms with van der Waals surface area (Å²) in [5, 5.41) is 3.30. The molecule has 126 valence electrons. The van der Waals surface area contributed by atoms with Crippen LogP contribution in [-0.2, 0) is 11.3 Å². The largest absolute Gasteiger partial charge is 0.338 e. The van der Waals surface area contributed by atoms with Crippen molar-refractivity contribution in [3.05, 3.63) is 66.0 Å². The van der Waals surface area contributed by atoms with E-state index < -0.39 is 0 Å². The summed E-state index contributed by atoms with van der Waals surface area (Å²) in [4.78, 5) is 21.3. The molecule has 0 saturated carbocycles. The number of nitrogens with one attached hydrogen (secondary N) is 1. The van der Waals surface area contributed by atoms with Crippen molar-refractivity contribution >= 4 is 5.91 Å². The molecule has 2 aromatic rings. The number of pyridine rings is 1. The van der Waals surface area contributed by atoms with Crippen LogP contribution in [0.2, 0.25) is 0 Å². The van der Waals surface area contributed by atoms with Crippen molar-refractivity contribution in [3.8, 4) is 0 Å². The zero-order chi connectivity index (χ0) is 16.8. The lowest BCUT2D eigenvalue weighted by Crippen LogP contribution is -2.50. The molecule has 1 saturated heterocycles. The predicted molar refractivity (Wildman–Crippen MR) is 94.3 cm³/mol. The highest BCUT2D eigenvalue weighted by atomic mass is 16.2. The lowest BCUT2D eigenvalue weighted by Gasteiger charge is -2.35. The summed E-state index contributed by atoms with van der Waals surface area (Å²) in [6, 6.07) is 13.8. The summed E-state index contributed by atoms with van der Waals surface area (Å²) in [5.41, 5.74) is 2.19. The second-order valence-corrected chi connectivity index (χ2v) is 6.16. The highest BCUT2D eigenvalue weighted by molar-refractivity contribution is 5.83. The maximum atomic E-state index is 13.2. The third-order valence-corrected chi connectivity index (χ3v) is 4.40. The van der Waals surface area contributed by atoms with Gasteiger partial charge in [-0.15, -0.1) is 0 Å². The van der Waals surface area contributed by atoms with Crippen molar-refractivity contribution in [1.82, 2.24) is 20.1 Å². The van der Waals surface area contributed by atoms with E-state index in [1.54, 1.807) is 12.4 Å². The van der Waals surface area contributed by atoms with E-state index in [9.17, 15) is 4.79 Å². The third-order valence-electron chi connectivity index (χ3n) is 4.40. The first-order chi connectivity index (χ1) is 11.8. The summed E-state index contributed by atoms with van der Waals surface area (Å²) in [7, 11) is 2.01. The molecular weight excluding hydrogens is 300 g/mol. The molecule has 1 aromatic heterocycles. The lowest BCUT2D eigenvalue weighted by molar-refractivity contribution is -0.137. The second-order valence-electron chi connectivity index (χ2n) is 6.16. The van der Waals surface area contributed by atoms with Crippen LogP contribution in [0.5, 0.6) is 0 Å². The Bertz CT molecular complexity index is 641. The van der Waals surface area contributed by atoms with Gasteiger partial charge in [-0.2, -0.15) is 0 Å². The van der Waals surface area contributed by atoms with Crippen molar-refractivity contribution in [2.24, 2.45) is 0 Å². The fourth-order valence-corrected chi connectivity index (χ4v) is 3.15. The number of amides is 1. The van der Waals surface area contributed by atoms with Gasteiger partial charge in [-0.25, -0.2) is 0 Å². The molecule has 1 aliphatic rings. The topological polar surface area (TPSA) is 48.5 Å². The molecule has 0 spiro atoms. The van der Waals surface area contributed by atoms with Crippen molar-refractivity contribution in [2.75, 3.05) is 33.2 Å². The van der Waals surface area contributed by atoms with Crippen LogP contribution < -0.4 is 5.32 Å². The zero-order valence-corrected chi connectivity index (χ0v) is 14.1. The lowest BCUT2D eigenvalue weighted by atomic mass is 10.0. The first kappa shape index (κ1) is 16.6. The van der Waals surface area contributed by atoms with Crippen LogP contribution in [0.3, 0.4) is 0 Å². The molecule has 0 radical (unpaired) electrons. The van der Waals surface area contributed by atoms with Gasteiger partial charge < -0.3 is 10.2 Å². The van der Waals surface area contributed by atoms with Gasteiger partial charge in [0.25, 0.3) is 0 Å². The molecular formula is C19H24N4O. The van der Waals surface area contributed by atoms with Crippen LogP contribution in [0.25, 0.3) is 0 Å². The average molecular weight is 324 g/mol. The Morgan fingerprint density at radius 2 is 1.83 bits per heavy atom. The molecule has 1 fully saturated rings. The van der Waals surface area contributed by atoms with E-state index in [0.717, 1.165) is 38.3 Å². The van der Waals surface area contributed by atoms with Gasteiger partial charge >= 0.3 is 0 Å². The Balaban J connectivity index is 1.82. The molecule has 1 unspecified atom stereocenters. The fraction of sp³-hybridized carbons (Fsp3) is 0.368. The van der Waals surface area contributed by atoms with E-state index in [1.807, 2.05) is 42.3 Å². The minimum Gasteiger partial charge on any atom is -0.338 e. The molecule has 1 aliphatic heterocycles. The molecule has 3 rings (SSSR count). The smallest absolute Gasteiger partial charge is 0.244 e. The molecule has 1 atom stereocenters. The van der Waals surface area contributed by atoms with Crippen molar-refractivity contribution < 1.29 is 4.79 Å². The fourth-order valence-electron chi connectivity index (χ4n) is 3.15. The highest BCUT2D eigenvalue weighted by Crippen LogP contribution is 2.23. The van der Waals surface area contributed by atoms with Crippen LogP contribution >= 0.6 is 0 Å². The van der Waals surface area contributed by atoms with Crippen molar-refractivity contribution in [3.63, 3.8) is 0 Å². The number of benzene rings is 1. The number of carbonyl (C=O) groups is 1. The van der Waals surface area contributed by atoms with Crippen LogP contribution in [0.1, 0.15) is 17.2 Å². The van der Waals surface area contributed by atoms with Gasteiger partial charge in [0.05, 0.1) is 0 Å². The Labute approximate surface area is 143 Å². The van der Waals surface area contributed by atoms with E-state index in [2.05, 4.69) is 27.3 Å². The maximum absolute atomic E-state index is 13.2. The van der Waals surface area contributed by atoms with Gasteiger partial charge in [0.2, 0.25) is 5.91 Å². The van der Waals surface area contributed by atoms with Gasteiger partial charge in [0.1, 0.15) is 6.04 Å². The normalized spacial score (nSPS) is 16.2. The first-order valence-electron chi connectivity index (χ1n) is 8.39. The Morgan fingerprint density at radius 3 is 2.50 bits per heavy atom. The predicted octanol–water partition coefficient (Wildman–Crippen LogP) is 1.69. The average Bonchev–Trinajstić information content (AvgIpc) is 2.64. The van der Waals surface area contributed by atoms with E-state index in [1.165, 1.54) is 5.56 Å². The number of aromatic nitrogens is 1. The highest BCUT2D eigenvalue weighted by Gasteiger charge is 2.30. The number of likely N-dealkylation sites (N-methyl/N-ethyl adjacent to an activating group) is 1. The van der Waals surface area contributed by atoms with Crippen molar-refractivity contribution in [2.45, 2.75) is 12.6 Å². The van der Waals surface area contributed by atoms with Gasteiger partial charge in [-0.1, -0.05) is 30.3 Å². The Hall–Kier alpha value is -2.24. The van der Waals surface area contributed by atoms with Gasteiger partial charge in [-0.3, -0.25) is 14.7 Å².